The molecule has 0 aromatic heterocycles. The molecule has 36 heavy (non-hydrogen) atoms. The fourth-order valence-corrected chi connectivity index (χ4v) is 5.28. The monoisotopic (exact) mass is 486 g/mol. The van der Waals surface area contributed by atoms with Crippen molar-refractivity contribution in [2.75, 3.05) is 45.1 Å². The maximum atomic E-state index is 13.1. The summed E-state index contributed by atoms with van der Waals surface area (Å²) in [4.78, 5) is 37.0. The number of likely N-dealkylation sites (N-methyl/N-ethyl adjacent to an activating group) is 1. The minimum absolute atomic E-state index is 0.0798. The zero-order valence-corrected chi connectivity index (χ0v) is 20.8. The Kier molecular flexibility index (Phi) is 7.04. The molecule has 0 aliphatic carbocycles. The van der Waals surface area contributed by atoms with Crippen molar-refractivity contribution in [3.8, 4) is 0 Å². The Morgan fingerprint density at radius 3 is 2.28 bits per heavy atom. The summed E-state index contributed by atoms with van der Waals surface area (Å²) in [6.07, 6.45) is 4.70. The summed E-state index contributed by atoms with van der Waals surface area (Å²) in [5.41, 5.74) is 9.34. The van der Waals surface area contributed by atoms with E-state index in [2.05, 4.69) is 15.2 Å². The van der Waals surface area contributed by atoms with E-state index in [-0.39, 0.29) is 17.5 Å². The van der Waals surface area contributed by atoms with Gasteiger partial charge in [-0.3, -0.25) is 9.59 Å². The molecule has 8 nitrogen and oxygen atoms in total. The van der Waals surface area contributed by atoms with Crippen molar-refractivity contribution in [2.24, 2.45) is 10.7 Å². The molecule has 3 heterocycles. The lowest BCUT2D eigenvalue weighted by Gasteiger charge is -2.36. The Labute approximate surface area is 212 Å². The van der Waals surface area contributed by atoms with Crippen LogP contribution in [0.3, 0.4) is 0 Å². The number of nitrogens with two attached hydrogens (primary N) is 1. The van der Waals surface area contributed by atoms with Crippen LogP contribution in [0.1, 0.15) is 41.6 Å². The van der Waals surface area contributed by atoms with Gasteiger partial charge in [-0.25, -0.2) is 4.99 Å². The third-order valence-electron chi connectivity index (χ3n) is 7.41. The smallest absolute Gasteiger partial charge is 0.278 e. The van der Waals surface area contributed by atoms with E-state index in [4.69, 9.17) is 5.73 Å². The van der Waals surface area contributed by atoms with Crippen LogP contribution in [0.2, 0.25) is 0 Å². The van der Waals surface area contributed by atoms with Gasteiger partial charge in [-0.1, -0.05) is 30.3 Å². The zero-order chi connectivity index (χ0) is 25.1. The third kappa shape index (κ3) is 5.14. The number of para-hydroxylation sites is 1. The molecule has 3 aliphatic rings. The average Bonchev–Trinajstić information content (AvgIpc) is 3.46. The van der Waals surface area contributed by atoms with Crippen LogP contribution in [-0.4, -0.2) is 78.0 Å². The molecule has 188 valence electrons. The standard InChI is InChI=1S/C28H34N6O2/c1-32-19-24(31-25(26(32)29)27(35)30-22-7-3-2-4-8-22)20-9-11-21(12-10-20)28(36)34-17-13-23(14-18-34)33-15-5-6-16-33/h2-4,7-12,23H,5-6,13-19,29H2,1H3,(H,30,35). The van der Waals surface area contributed by atoms with Crippen LogP contribution in [0.15, 0.2) is 71.1 Å². The molecule has 2 aromatic carbocycles. The second-order valence-corrected chi connectivity index (χ2v) is 9.81. The number of nitrogens with zero attached hydrogens (tertiary/aromatic N) is 4. The predicted octanol–water partition coefficient (Wildman–Crippen LogP) is 2.89. The Morgan fingerprint density at radius 2 is 1.61 bits per heavy atom. The first-order valence-electron chi connectivity index (χ1n) is 12.8. The number of hydrogen-bond donors (Lipinski definition) is 2. The highest BCUT2D eigenvalue weighted by Gasteiger charge is 2.29. The molecule has 0 bridgehead atoms. The second kappa shape index (κ2) is 10.5. The summed E-state index contributed by atoms with van der Waals surface area (Å²) in [6.45, 7) is 4.50. The Morgan fingerprint density at radius 1 is 0.944 bits per heavy atom. The lowest BCUT2D eigenvalue weighted by molar-refractivity contribution is -0.113. The topological polar surface area (TPSA) is 94.3 Å². The number of anilines is 1. The fourth-order valence-electron chi connectivity index (χ4n) is 5.28. The maximum absolute atomic E-state index is 13.1. The summed E-state index contributed by atoms with van der Waals surface area (Å²) in [5, 5.41) is 2.85. The summed E-state index contributed by atoms with van der Waals surface area (Å²) >= 11 is 0. The largest absolute Gasteiger partial charge is 0.383 e. The fraction of sp³-hybridized carbons (Fsp3) is 0.393. The quantitative estimate of drug-likeness (QED) is 0.678. The molecule has 3 aliphatic heterocycles. The molecule has 5 rings (SSSR count). The van der Waals surface area contributed by atoms with Gasteiger partial charge in [0.1, 0.15) is 5.82 Å². The summed E-state index contributed by atoms with van der Waals surface area (Å²) in [7, 11) is 1.84. The molecule has 2 fully saturated rings. The van der Waals surface area contributed by atoms with Crippen molar-refractivity contribution in [1.82, 2.24) is 14.7 Å². The van der Waals surface area contributed by atoms with Gasteiger partial charge in [0, 0.05) is 37.4 Å². The highest BCUT2D eigenvalue weighted by molar-refractivity contribution is 6.10. The van der Waals surface area contributed by atoms with Crippen LogP contribution >= 0.6 is 0 Å². The van der Waals surface area contributed by atoms with E-state index in [1.54, 1.807) is 0 Å². The van der Waals surface area contributed by atoms with E-state index in [0.717, 1.165) is 37.2 Å². The molecular formula is C28H34N6O2. The number of likely N-dealkylation sites (tertiary alicyclic amines) is 2. The van der Waals surface area contributed by atoms with Gasteiger partial charge in [0.05, 0.1) is 12.3 Å². The number of piperidine rings is 1. The zero-order valence-electron chi connectivity index (χ0n) is 20.8. The van der Waals surface area contributed by atoms with E-state index in [0.29, 0.717) is 29.7 Å². The number of carbonyl (C=O) groups excluding carboxylic acids is 2. The van der Waals surface area contributed by atoms with E-state index >= 15 is 0 Å². The first-order chi connectivity index (χ1) is 17.5. The van der Waals surface area contributed by atoms with Crippen LogP contribution in [0.25, 0.3) is 0 Å². The number of aliphatic imine (C=N–C) groups is 1. The highest BCUT2D eigenvalue weighted by Crippen LogP contribution is 2.23. The number of hydrogen-bond acceptors (Lipinski definition) is 6. The van der Waals surface area contributed by atoms with Crippen LogP contribution < -0.4 is 11.1 Å². The SMILES string of the molecule is CN1CC(c2ccc(C(=O)N3CCC(N4CCCC4)CC3)cc2)=NC(C(=O)Nc2ccccc2)=C1N. The van der Waals surface area contributed by atoms with E-state index < -0.39 is 0 Å². The van der Waals surface area contributed by atoms with Crippen molar-refractivity contribution >= 4 is 23.2 Å². The van der Waals surface area contributed by atoms with Crippen molar-refractivity contribution in [3.63, 3.8) is 0 Å². The molecule has 0 atom stereocenters. The lowest BCUT2D eigenvalue weighted by atomic mass is 10.0. The van der Waals surface area contributed by atoms with Gasteiger partial charge in [-0.15, -0.1) is 0 Å². The molecule has 3 N–H and O–H groups in total. The molecule has 0 saturated carbocycles. The molecule has 8 heteroatoms. The normalized spacial score (nSPS) is 19.4. The van der Waals surface area contributed by atoms with Crippen LogP contribution in [0, 0.1) is 0 Å². The summed E-state index contributed by atoms with van der Waals surface area (Å²) in [5.74, 6) is 0.0550. The molecule has 0 unspecified atom stereocenters. The predicted molar refractivity (Wildman–Crippen MR) is 142 cm³/mol. The van der Waals surface area contributed by atoms with E-state index in [9.17, 15) is 9.59 Å². The molecule has 2 aromatic rings. The first kappa shape index (κ1) is 24.1. The third-order valence-corrected chi connectivity index (χ3v) is 7.41. The van der Waals surface area contributed by atoms with Gasteiger partial charge in [-0.05, 0) is 68.6 Å². The second-order valence-electron chi connectivity index (χ2n) is 9.81. The minimum Gasteiger partial charge on any atom is -0.383 e. The number of nitrogens with one attached hydrogen (secondary N) is 1. The highest BCUT2D eigenvalue weighted by atomic mass is 16.2. The van der Waals surface area contributed by atoms with Crippen LogP contribution in [0.5, 0.6) is 0 Å². The van der Waals surface area contributed by atoms with Crippen LogP contribution in [0.4, 0.5) is 5.69 Å². The van der Waals surface area contributed by atoms with Gasteiger partial charge in [-0.2, -0.15) is 0 Å². The Hall–Kier alpha value is -3.65. The van der Waals surface area contributed by atoms with Crippen LogP contribution in [-0.2, 0) is 4.79 Å². The van der Waals surface area contributed by atoms with Crippen molar-refractivity contribution in [2.45, 2.75) is 31.7 Å². The Bertz CT molecular complexity index is 1160. The van der Waals surface area contributed by atoms with Gasteiger partial charge >= 0.3 is 0 Å². The molecule has 0 radical (unpaired) electrons. The molecular weight excluding hydrogens is 452 g/mol. The summed E-state index contributed by atoms with van der Waals surface area (Å²) < 4.78 is 0. The van der Waals surface area contributed by atoms with Gasteiger partial charge in [0.25, 0.3) is 11.8 Å². The molecule has 2 saturated heterocycles. The number of benzene rings is 2. The molecule has 2 amide bonds. The van der Waals surface area contributed by atoms with E-state index in [1.165, 1.54) is 25.9 Å². The van der Waals surface area contributed by atoms with Gasteiger partial charge in [0.15, 0.2) is 5.70 Å². The maximum Gasteiger partial charge on any atom is 0.278 e. The first-order valence-corrected chi connectivity index (χ1v) is 12.8. The number of amides is 2. The van der Waals surface area contributed by atoms with Gasteiger partial charge in [0.2, 0.25) is 0 Å². The minimum atomic E-state index is -0.355. The van der Waals surface area contributed by atoms with E-state index in [1.807, 2.05) is 71.4 Å². The average molecular weight is 487 g/mol. The van der Waals surface area contributed by atoms with Crippen molar-refractivity contribution < 1.29 is 9.59 Å². The Balaban J connectivity index is 1.25. The lowest BCUT2D eigenvalue weighted by Crippen LogP contribution is -2.45. The number of rotatable bonds is 5. The number of carbonyl (C=O) groups is 2. The molecule has 0 spiro atoms. The van der Waals surface area contributed by atoms with Gasteiger partial charge < -0.3 is 25.8 Å². The van der Waals surface area contributed by atoms with Crippen molar-refractivity contribution in [3.05, 3.63) is 77.2 Å². The van der Waals surface area contributed by atoms with Crippen molar-refractivity contribution in [1.29, 1.82) is 0 Å². The summed E-state index contributed by atoms with van der Waals surface area (Å²) in [6, 6.07) is 17.4.